The van der Waals surface area contributed by atoms with Crippen LogP contribution in [-0.4, -0.2) is 92.8 Å². The lowest BCUT2D eigenvalue weighted by Gasteiger charge is -2.33. The summed E-state index contributed by atoms with van der Waals surface area (Å²) in [5, 5.41) is 11.7. The maximum Gasteiger partial charge on any atom is 0.255 e. The zero-order chi connectivity index (χ0) is 28.5. The standard InChI is InChI=1S/C30H34N10O2/c1-38-8-10-39(11-9-38)27-3-2-20(15-31-27)16-33-30-34-18-24-23(17-32-28(24)37-30)21-4-7-40-26(14-21)25(19-35-40)29(41)36-22-5-12-42-13-6-22/h2-4,7,14-15,17-19,22H,5-6,8-13,16H2,1H3,(H,36,41)(H2,32,33,34,37). The van der Waals surface area contributed by atoms with Crippen molar-refractivity contribution in [3.05, 3.63) is 66.4 Å². The van der Waals surface area contributed by atoms with E-state index in [0.29, 0.717) is 31.3 Å². The van der Waals surface area contributed by atoms with Gasteiger partial charge >= 0.3 is 0 Å². The predicted octanol–water partition coefficient (Wildman–Crippen LogP) is 2.94. The summed E-state index contributed by atoms with van der Waals surface area (Å²) in [5.41, 5.74) is 5.01. The van der Waals surface area contributed by atoms with Crippen LogP contribution in [0.3, 0.4) is 0 Å². The van der Waals surface area contributed by atoms with Crippen LogP contribution in [0.25, 0.3) is 27.7 Å². The number of aromatic amines is 1. The maximum atomic E-state index is 13.1. The van der Waals surface area contributed by atoms with Crippen LogP contribution < -0.4 is 15.5 Å². The van der Waals surface area contributed by atoms with E-state index < -0.39 is 0 Å². The molecule has 5 aromatic rings. The predicted molar refractivity (Wildman–Crippen MR) is 161 cm³/mol. The molecule has 0 spiro atoms. The average Bonchev–Trinajstić information content (AvgIpc) is 3.65. The fourth-order valence-electron chi connectivity index (χ4n) is 5.58. The van der Waals surface area contributed by atoms with Gasteiger partial charge in [0, 0.05) is 87.7 Å². The molecule has 7 rings (SSSR count). The largest absolute Gasteiger partial charge is 0.381 e. The first-order valence-electron chi connectivity index (χ1n) is 14.4. The van der Waals surface area contributed by atoms with Crippen molar-refractivity contribution in [1.82, 2.24) is 39.8 Å². The molecule has 0 bridgehead atoms. The third kappa shape index (κ3) is 5.38. The van der Waals surface area contributed by atoms with E-state index in [2.05, 4.69) is 59.7 Å². The molecule has 12 nitrogen and oxygen atoms in total. The van der Waals surface area contributed by atoms with Crippen molar-refractivity contribution in [2.45, 2.75) is 25.4 Å². The number of likely N-dealkylation sites (N-methyl/N-ethyl adjacent to an activating group) is 1. The Balaban J connectivity index is 1.04. The van der Waals surface area contributed by atoms with E-state index in [1.807, 2.05) is 36.9 Å². The second kappa shape index (κ2) is 11.4. The van der Waals surface area contributed by atoms with Gasteiger partial charge in [-0.15, -0.1) is 0 Å². The molecule has 0 aliphatic carbocycles. The van der Waals surface area contributed by atoms with Crippen LogP contribution in [0.2, 0.25) is 0 Å². The second-order valence-corrected chi connectivity index (χ2v) is 11.0. The number of aromatic nitrogens is 6. The maximum absolute atomic E-state index is 13.1. The van der Waals surface area contributed by atoms with Gasteiger partial charge in [0.25, 0.3) is 5.91 Å². The highest BCUT2D eigenvalue weighted by Crippen LogP contribution is 2.29. The summed E-state index contributed by atoms with van der Waals surface area (Å²) in [6.45, 7) is 6.02. The number of carbonyl (C=O) groups excluding carboxylic acids is 1. The van der Waals surface area contributed by atoms with Crippen molar-refractivity contribution in [1.29, 1.82) is 0 Å². The molecule has 2 aliphatic rings. The Kier molecular flexibility index (Phi) is 7.14. The van der Waals surface area contributed by atoms with E-state index in [1.54, 1.807) is 10.7 Å². The molecule has 5 aromatic heterocycles. The Morgan fingerprint density at radius 3 is 2.74 bits per heavy atom. The third-order valence-corrected chi connectivity index (χ3v) is 8.15. The van der Waals surface area contributed by atoms with Gasteiger partial charge in [-0.05, 0) is 49.2 Å². The molecule has 2 saturated heterocycles. The molecule has 7 heterocycles. The molecule has 3 N–H and O–H groups in total. The monoisotopic (exact) mass is 566 g/mol. The van der Waals surface area contributed by atoms with Gasteiger partial charge in [-0.2, -0.15) is 10.1 Å². The first-order valence-corrected chi connectivity index (χ1v) is 14.4. The van der Waals surface area contributed by atoms with Crippen LogP contribution in [-0.2, 0) is 11.3 Å². The Morgan fingerprint density at radius 2 is 1.93 bits per heavy atom. The summed E-state index contributed by atoms with van der Waals surface area (Å²) in [5.74, 6) is 1.44. The van der Waals surface area contributed by atoms with E-state index in [1.165, 1.54) is 0 Å². The smallest absolute Gasteiger partial charge is 0.255 e. The number of rotatable bonds is 7. The molecular weight excluding hydrogens is 532 g/mol. The van der Waals surface area contributed by atoms with Crippen molar-refractivity contribution in [2.24, 2.45) is 0 Å². The Bertz CT molecular complexity index is 1700. The van der Waals surface area contributed by atoms with E-state index in [-0.39, 0.29) is 11.9 Å². The summed E-state index contributed by atoms with van der Waals surface area (Å²) in [4.78, 5) is 34.9. The Morgan fingerprint density at radius 1 is 1.07 bits per heavy atom. The SMILES string of the molecule is CN1CCN(c2ccc(CNc3ncc4c(-c5ccn6ncc(C(=O)NC7CCOCC7)c6c5)c[nH]c4n3)cn2)CC1. The van der Waals surface area contributed by atoms with Crippen LogP contribution in [0, 0.1) is 0 Å². The zero-order valence-electron chi connectivity index (χ0n) is 23.6. The van der Waals surface area contributed by atoms with Crippen LogP contribution in [0.5, 0.6) is 0 Å². The number of hydrogen-bond donors (Lipinski definition) is 3. The van der Waals surface area contributed by atoms with Gasteiger partial charge in [-0.25, -0.2) is 14.5 Å². The molecule has 0 atom stereocenters. The number of fused-ring (bicyclic) bond motifs is 2. The van der Waals surface area contributed by atoms with Crippen LogP contribution >= 0.6 is 0 Å². The number of anilines is 2. The fourth-order valence-corrected chi connectivity index (χ4v) is 5.58. The van der Waals surface area contributed by atoms with Crippen molar-refractivity contribution in [2.75, 3.05) is 56.7 Å². The third-order valence-electron chi connectivity index (χ3n) is 8.15. The van der Waals surface area contributed by atoms with Gasteiger partial charge in [-0.3, -0.25) is 4.79 Å². The first kappa shape index (κ1) is 26.4. The van der Waals surface area contributed by atoms with Gasteiger partial charge < -0.3 is 30.2 Å². The summed E-state index contributed by atoms with van der Waals surface area (Å²) < 4.78 is 7.14. The summed E-state index contributed by atoms with van der Waals surface area (Å²) >= 11 is 0. The van der Waals surface area contributed by atoms with Crippen molar-refractivity contribution in [3.8, 4) is 11.1 Å². The van der Waals surface area contributed by atoms with Gasteiger partial charge in [-0.1, -0.05) is 6.07 Å². The number of ether oxygens (including phenoxy) is 1. The number of nitrogens with zero attached hydrogens (tertiary/aromatic N) is 7. The summed E-state index contributed by atoms with van der Waals surface area (Å²) in [6.07, 6.45) is 10.8. The molecule has 0 aromatic carbocycles. The first-order chi connectivity index (χ1) is 20.6. The highest BCUT2D eigenvalue weighted by Gasteiger charge is 2.20. The molecule has 42 heavy (non-hydrogen) atoms. The lowest BCUT2D eigenvalue weighted by Crippen LogP contribution is -2.44. The average molecular weight is 567 g/mol. The summed E-state index contributed by atoms with van der Waals surface area (Å²) in [6, 6.07) is 8.27. The molecule has 0 unspecified atom stereocenters. The molecule has 0 saturated carbocycles. The Hall–Kier alpha value is -4.55. The minimum absolute atomic E-state index is 0.115. The minimum atomic E-state index is -0.115. The van der Waals surface area contributed by atoms with Crippen LogP contribution in [0.1, 0.15) is 28.8 Å². The fraction of sp³-hybridized carbons (Fsp3) is 0.367. The minimum Gasteiger partial charge on any atom is -0.381 e. The number of hydrogen-bond acceptors (Lipinski definition) is 9. The number of H-pyrrole nitrogens is 1. The topological polar surface area (TPSA) is 129 Å². The number of piperazine rings is 1. The lowest BCUT2D eigenvalue weighted by atomic mass is 10.1. The van der Waals surface area contributed by atoms with E-state index in [0.717, 1.165) is 78.1 Å². The van der Waals surface area contributed by atoms with E-state index >= 15 is 0 Å². The van der Waals surface area contributed by atoms with E-state index in [9.17, 15) is 4.79 Å². The van der Waals surface area contributed by atoms with E-state index in [4.69, 9.17) is 9.72 Å². The van der Waals surface area contributed by atoms with Gasteiger partial charge in [0.1, 0.15) is 11.5 Å². The van der Waals surface area contributed by atoms with Crippen molar-refractivity contribution >= 4 is 34.2 Å². The molecule has 216 valence electrons. The quantitative estimate of drug-likeness (QED) is 0.272. The molecule has 12 heteroatoms. The van der Waals surface area contributed by atoms with Gasteiger partial charge in [0.2, 0.25) is 5.95 Å². The molecule has 2 aliphatic heterocycles. The van der Waals surface area contributed by atoms with Gasteiger partial charge in [0.15, 0.2) is 0 Å². The molecular formula is C30H34N10O2. The second-order valence-electron chi connectivity index (χ2n) is 11.0. The molecule has 0 radical (unpaired) electrons. The lowest BCUT2D eigenvalue weighted by molar-refractivity contribution is 0.0697. The Labute approximate surface area is 243 Å². The normalized spacial score (nSPS) is 16.7. The summed E-state index contributed by atoms with van der Waals surface area (Å²) in [7, 11) is 2.15. The van der Waals surface area contributed by atoms with Gasteiger partial charge in [0.05, 0.1) is 17.3 Å². The highest BCUT2D eigenvalue weighted by molar-refractivity contribution is 6.02. The number of carbonyl (C=O) groups is 1. The number of nitrogens with one attached hydrogen (secondary N) is 3. The zero-order valence-corrected chi connectivity index (χ0v) is 23.6. The van der Waals surface area contributed by atoms with Crippen LogP contribution in [0.4, 0.5) is 11.8 Å². The van der Waals surface area contributed by atoms with Crippen molar-refractivity contribution < 1.29 is 9.53 Å². The highest BCUT2D eigenvalue weighted by atomic mass is 16.5. The molecule has 2 fully saturated rings. The number of amides is 1. The van der Waals surface area contributed by atoms with Crippen molar-refractivity contribution in [3.63, 3.8) is 0 Å². The van der Waals surface area contributed by atoms with Crippen LogP contribution in [0.15, 0.2) is 55.2 Å². The number of pyridine rings is 2. The molecule has 1 amide bonds.